The predicted octanol–water partition coefficient (Wildman–Crippen LogP) is 3.47. The molecule has 0 saturated carbocycles. The van der Waals surface area contributed by atoms with Crippen LogP contribution in [0.4, 0.5) is 22.0 Å². The first-order valence-electron chi connectivity index (χ1n) is 4.37. The van der Waals surface area contributed by atoms with Crippen molar-refractivity contribution in [1.82, 2.24) is 4.98 Å². The van der Waals surface area contributed by atoms with E-state index in [0.29, 0.717) is 6.07 Å². The van der Waals surface area contributed by atoms with Crippen molar-refractivity contribution < 1.29 is 31.5 Å². The molecule has 0 aliphatic rings. The minimum Gasteiger partial charge on any atom is -0.405 e. The van der Waals surface area contributed by atoms with Crippen LogP contribution in [0.15, 0.2) is 6.07 Å². The highest BCUT2D eigenvalue weighted by atomic mass is 35.5. The number of hydrogen-bond acceptors (Lipinski definition) is 3. The van der Waals surface area contributed by atoms with Crippen LogP contribution in [-0.4, -0.2) is 17.6 Å². The second-order valence-corrected chi connectivity index (χ2v) is 3.28. The summed E-state index contributed by atoms with van der Waals surface area (Å²) in [6.45, 7) is 0. The molecule has 1 rings (SSSR count). The molecule has 3 nitrogen and oxygen atoms in total. The summed E-state index contributed by atoms with van der Waals surface area (Å²) in [5.41, 5.74) is -2.00. The highest BCUT2D eigenvalue weighted by Gasteiger charge is 2.33. The van der Waals surface area contributed by atoms with Crippen LogP contribution in [0.2, 0.25) is 0 Å². The lowest BCUT2D eigenvalue weighted by atomic mass is 10.2. The van der Waals surface area contributed by atoms with E-state index < -0.39 is 41.4 Å². The third kappa shape index (κ3) is 3.52. The van der Waals surface area contributed by atoms with E-state index in [9.17, 15) is 26.7 Å². The number of hydrogen-bond donors (Lipinski definition) is 0. The van der Waals surface area contributed by atoms with Crippen molar-refractivity contribution in [2.45, 2.75) is 18.7 Å². The Morgan fingerprint density at radius 3 is 2.44 bits per heavy atom. The lowest BCUT2D eigenvalue weighted by Gasteiger charge is -2.14. The molecule has 0 bridgehead atoms. The quantitative estimate of drug-likeness (QED) is 0.484. The Labute approximate surface area is 103 Å². The van der Waals surface area contributed by atoms with Crippen LogP contribution in [0, 0.1) is 0 Å². The second-order valence-electron chi connectivity index (χ2n) is 3.01. The number of alkyl halides is 6. The van der Waals surface area contributed by atoms with Gasteiger partial charge in [-0.15, -0.1) is 24.8 Å². The summed E-state index contributed by atoms with van der Waals surface area (Å²) in [5, 5.41) is 0. The van der Waals surface area contributed by atoms with Crippen molar-refractivity contribution in [2.24, 2.45) is 0 Å². The van der Waals surface area contributed by atoms with Crippen LogP contribution >= 0.6 is 11.6 Å². The lowest BCUT2D eigenvalue weighted by molar-refractivity contribution is -0.274. The highest BCUT2D eigenvalue weighted by molar-refractivity contribution is 6.17. The van der Waals surface area contributed by atoms with Gasteiger partial charge < -0.3 is 4.74 Å². The Kier molecular flexibility index (Phi) is 4.44. The molecule has 0 fully saturated rings. The topological polar surface area (TPSA) is 39.2 Å². The summed E-state index contributed by atoms with van der Waals surface area (Å²) in [7, 11) is 0. The molecule has 18 heavy (non-hydrogen) atoms. The lowest BCUT2D eigenvalue weighted by Crippen LogP contribution is -2.19. The number of ether oxygens (including phenoxy) is 1. The summed E-state index contributed by atoms with van der Waals surface area (Å²) in [6.07, 6.45) is -8.18. The van der Waals surface area contributed by atoms with Gasteiger partial charge >= 0.3 is 6.36 Å². The fourth-order valence-corrected chi connectivity index (χ4v) is 1.41. The van der Waals surface area contributed by atoms with Crippen molar-refractivity contribution in [3.05, 3.63) is 23.0 Å². The SMILES string of the molecule is O=Cc1nc(C(F)F)cc(OC(F)(F)F)c1CCl. The fraction of sp³-hybridized carbons (Fsp3) is 0.333. The van der Waals surface area contributed by atoms with E-state index in [0.717, 1.165) is 0 Å². The average Bonchev–Trinajstić information content (AvgIpc) is 2.25. The molecule has 0 aromatic carbocycles. The summed E-state index contributed by atoms with van der Waals surface area (Å²) in [6, 6.07) is 0.406. The number of aldehydes is 1. The third-order valence-electron chi connectivity index (χ3n) is 1.83. The Bertz CT molecular complexity index is 449. The van der Waals surface area contributed by atoms with Gasteiger partial charge in [0.25, 0.3) is 6.43 Å². The molecule has 0 unspecified atom stereocenters. The first-order chi connectivity index (χ1) is 8.28. The number of carbonyl (C=O) groups is 1. The van der Waals surface area contributed by atoms with E-state index in [2.05, 4.69) is 9.72 Å². The van der Waals surface area contributed by atoms with Gasteiger partial charge in [-0.25, -0.2) is 13.8 Å². The van der Waals surface area contributed by atoms with Gasteiger partial charge in [0.1, 0.15) is 17.1 Å². The number of aromatic nitrogens is 1. The van der Waals surface area contributed by atoms with E-state index >= 15 is 0 Å². The van der Waals surface area contributed by atoms with Crippen LogP contribution in [0.25, 0.3) is 0 Å². The van der Waals surface area contributed by atoms with Crippen molar-refractivity contribution in [3.8, 4) is 5.75 Å². The van der Waals surface area contributed by atoms with E-state index in [-0.39, 0.29) is 6.29 Å². The standard InChI is InChI=1S/C9H5ClF5NO2/c10-2-4-6(3-17)16-5(8(11)12)1-7(4)18-9(13,14)15/h1,3,8H,2H2. The molecular weight excluding hydrogens is 285 g/mol. The van der Waals surface area contributed by atoms with Gasteiger partial charge in [0.05, 0.1) is 5.88 Å². The summed E-state index contributed by atoms with van der Waals surface area (Å²) >= 11 is 5.34. The first-order valence-corrected chi connectivity index (χ1v) is 4.90. The zero-order valence-corrected chi connectivity index (χ0v) is 9.23. The molecule has 1 aromatic heterocycles. The van der Waals surface area contributed by atoms with Crippen molar-refractivity contribution >= 4 is 17.9 Å². The molecule has 1 aromatic rings. The minimum atomic E-state index is -5.08. The number of pyridine rings is 1. The average molecular weight is 290 g/mol. The Morgan fingerprint density at radius 1 is 1.44 bits per heavy atom. The highest BCUT2D eigenvalue weighted by Crippen LogP contribution is 2.32. The molecule has 0 aliphatic heterocycles. The third-order valence-corrected chi connectivity index (χ3v) is 2.10. The van der Waals surface area contributed by atoms with Gasteiger partial charge in [-0.1, -0.05) is 0 Å². The maximum atomic E-state index is 12.4. The Morgan fingerprint density at radius 2 is 2.06 bits per heavy atom. The van der Waals surface area contributed by atoms with Gasteiger partial charge in [-0.05, 0) is 0 Å². The molecule has 0 amide bonds. The largest absolute Gasteiger partial charge is 0.573 e. The Balaban J connectivity index is 3.35. The smallest absolute Gasteiger partial charge is 0.405 e. The molecule has 0 radical (unpaired) electrons. The summed E-state index contributed by atoms with van der Waals surface area (Å²) in [4.78, 5) is 13.8. The normalized spacial score (nSPS) is 11.7. The van der Waals surface area contributed by atoms with Crippen LogP contribution in [0.3, 0.4) is 0 Å². The zero-order valence-electron chi connectivity index (χ0n) is 8.47. The molecule has 0 N–H and O–H groups in total. The predicted molar refractivity (Wildman–Crippen MR) is 50.8 cm³/mol. The van der Waals surface area contributed by atoms with Crippen LogP contribution in [0.1, 0.15) is 28.2 Å². The van der Waals surface area contributed by atoms with Crippen molar-refractivity contribution in [2.75, 3.05) is 0 Å². The maximum absolute atomic E-state index is 12.4. The van der Waals surface area contributed by atoms with E-state index in [1.165, 1.54) is 0 Å². The molecule has 1 heterocycles. The molecular formula is C9H5ClF5NO2. The molecule has 0 saturated heterocycles. The zero-order chi connectivity index (χ0) is 13.9. The molecule has 100 valence electrons. The van der Waals surface area contributed by atoms with Crippen molar-refractivity contribution in [1.29, 1.82) is 0 Å². The summed E-state index contributed by atoms with van der Waals surface area (Å²) in [5.74, 6) is -1.49. The van der Waals surface area contributed by atoms with Gasteiger partial charge in [0.15, 0.2) is 6.29 Å². The van der Waals surface area contributed by atoms with Crippen LogP contribution < -0.4 is 4.74 Å². The van der Waals surface area contributed by atoms with Crippen LogP contribution in [0.5, 0.6) is 5.75 Å². The van der Waals surface area contributed by atoms with E-state index in [1.807, 2.05) is 0 Å². The van der Waals surface area contributed by atoms with Gasteiger partial charge in [0, 0.05) is 11.6 Å². The van der Waals surface area contributed by atoms with E-state index in [1.54, 1.807) is 0 Å². The minimum absolute atomic E-state index is 0.0346. The second kappa shape index (κ2) is 5.47. The number of halogens is 6. The maximum Gasteiger partial charge on any atom is 0.573 e. The van der Waals surface area contributed by atoms with Crippen LogP contribution in [-0.2, 0) is 5.88 Å². The molecule has 0 spiro atoms. The summed E-state index contributed by atoms with van der Waals surface area (Å²) < 4.78 is 64.5. The molecule has 0 atom stereocenters. The molecule has 0 aliphatic carbocycles. The Hall–Kier alpha value is -1.44. The first kappa shape index (κ1) is 14.6. The van der Waals surface area contributed by atoms with Gasteiger partial charge in [-0.3, -0.25) is 4.79 Å². The number of nitrogens with zero attached hydrogens (tertiary/aromatic N) is 1. The van der Waals surface area contributed by atoms with Gasteiger partial charge in [0.2, 0.25) is 0 Å². The monoisotopic (exact) mass is 289 g/mol. The van der Waals surface area contributed by atoms with Crippen molar-refractivity contribution in [3.63, 3.8) is 0 Å². The number of rotatable bonds is 4. The number of carbonyl (C=O) groups excluding carboxylic acids is 1. The molecule has 9 heteroatoms. The van der Waals surface area contributed by atoms with Gasteiger partial charge in [-0.2, -0.15) is 0 Å². The van der Waals surface area contributed by atoms with E-state index in [4.69, 9.17) is 11.6 Å². The fourth-order valence-electron chi connectivity index (χ4n) is 1.15.